The summed E-state index contributed by atoms with van der Waals surface area (Å²) in [5.74, 6) is -0.304. The van der Waals surface area contributed by atoms with Crippen molar-refractivity contribution < 1.29 is 23.6 Å². The molecule has 0 radical (unpaired) electrons. The van der Waals surface area contributed by atoms with Crippen LogP contribution in [0.3, 0.4) is 0 Å². The molecule has 3 aliphatic rings. The number of urea groups is 1. The van der Waals surface area contributed by atoms with Crippen molar-refractivity contribution in [3.05, 3.63) is 76.9 Å². The Kier molecular flexibility index (Phi) is 8.10. The lowest BCUT2D eigenvalue weighted by atomic mass is 10.0. The third-order valence-corrected chi connectivity index (χ3v) is 10.6. The van der Waals surface area contributed by atoms with Crippen LogP contribution in [0, 0.1) is 11.7 Å². The maximum absolute atomic E-state index is 13.9. The van der Waals surface area contributed by atoms with E-state index in [4.69, 9.17) is 0 Å². The molecular weight excluding hydrogens is 579 g/mol. The molecule has 10 nitrogen and oxygen atoms in total. The average Bonchev–Trinajstić information content (AvgIpc) is 3.70. The SMILES string of the molecule is CNC(=O)Cn1cc(-c2ccc3c(c2)CCC3([SiH3])NC(=O)N(C=O)CC(=O)N2Cc3ccc(F)cc3CC[C@@H]2C2CC2)cn1. The summed E-state index contributed by atoms with van der Waals surface area (Å²) in [6, 6.07) is 10.2. The van der Waals surface area contributed by atoms with E-state index in [1.165, 1.54) is 6.07 Å². The molecule has 1 aromatic heterocycles. The van der Waals surface area contributed by atoms with Gasteiger partial charge in [-0.3, -0.25) is 24.0 Å². The monoisotopic (exact) mass is 616 g/mol. The number of benzene rings is 2. The highest BCUT2D eigenvalue weighted by Gasteiger charge is 2.40. The molecule has 6 rings (SSSR count). The van der Waals surface area contributed by atoms with Crippen molar-refractivity contribution in [1.82, 2.24) is 30.2 Å². The number of nitrogens with one attached hydrogen (secondary N) is 2. The molecule has 0 spiro atoms. The topological polar surface area (TPSA) is 117 Å². The average molecular weight is 617 g/mol. The number of fused-ring (bicyclic) bond motifs is 2. The minimum Gasteiger partial charge on any atom is -0.358 e. The molecule has 3 aromatic rings. The van der Waals surface area contributed by atoms with Crippen molar-refractivity contribution in [2.24, 2.45) is 5.92 Å². The fourth-order valence-electron chi connectivity index (χ4n) is 6.68. The number of amides is 5. The van der Waals surface area contributed by atoms with Crippen molar-refractivity contribution >= 4 is 34.5 Å². The molecule has 2 aromatic carbocycles. The van der Waals surface area contributed by atoms with Crippen molar-refractivity contribution in [3.8, 4) is 11.1 Å². The first kappa shape index (κ1) is 29.7. The first-order valence-corrected chi connectivity index (χ1v) is 16.1. The zero-order valence-corrected chi connectivity index (χ0v) is 27.0. The van der Waals surface area contributed by atoms with Gasteiger partial charge in [0.2, 0.25) is 18.2 Å². The van der Waals surface area contributed by atoms with E-state index in [1.807, 2.05) is 18.3 Å². The van der Waals surface area contributed by atoms with Crippen LogP contribution in [0.5, 0.6) is 0 Å². The Morgan fingerprint density at radius 1 is 1.09 bits per heavy atom. The molecule has 1 unspecified atom stereocenters. The van der Waals surface area contributed by atoms with Gasteiger partial charge in [0.25, 0.3) is 0 Å². The standard InChI is InChI=1S/C32H37FN6O4Si/c1-34-29(41)17-38-15-25(14-35-38)21-5-8-27-23(12-21)10-11-32(27,44)36-31(43)37(19-40)18-30(42)39-16-24-4-7-26(33)13-22(24)6-9-28(39)20-2-3-20/h4-5,7-8,12-15,19-20,28H,2-3,6,9-11,16-18H2,1,44H3,(H,34,41)(H,36,43)/t28-,32?/m1/s1. The lowest BCUT2D eigenvalue weighted by Crippen LogP contribution is -2.53. The molecule has 0 bridgehead atoms. The highest BCUT2D eigenvalue weighted by atomic mass is 28.1. The zero-order valence-electron chi connectivity index (χ0n) is 25.0. The van der Waals surface area contributed by atoms with E-state index in [2.05, 4.69) is 21.8 Å². The first-order chi connectivity index (χ1) is 21.2. The van der Waals surface area contributed by atoms with E-state index in [-0.39, 0.29) is 36.8 Å². The van der Waals surface area contributed by atoms with Gasteiger partial charge in [-0.1, -0.05) is 24.3 Å². The summed E-state index contributed by atoms with van der Waals surface area (Å²) in [5.41, 5.74) is 5.80. The number of carbonyl (C=O) groups excluding carboxylic acids is 4. The van der Waals surface area contributed by atoms with Gasteiger partial charge in [-0.25, -0.2) is 9.18 Å². The summed E-state index contributed by atoms with van der Waals surface area (Å²) >= 11 is 0. The molecule has 2 heterocycles. The van der Waals surface area contributed by atoms with Crippen LogP contribution in [0.25, 0.3) is 11.1 Å². The van der Waals surface area contributed by atoms with Crippen LogP contribution >= 0.6 is 0 Å². The van der Waals surface area contributed by atoms with Gasteiger partial charge < -0.3 is 15.5 Å². The predicted molar refractivity (Wildman–Crippen MR) is 165 cm³/mol. The highest BCUT2D eigenvalue weighted by Crippen LogP contribution is 2.40. The molecule has 2 aliphatic carbocycles. The minimum atomic E-state index is -0.587. The van der Waals surface area contributed by atoms with E-state index in [1.54, 1.807) is 35.0 Å². The number of halogens is 1. The number of rotatable bonds is 8. The lowest BCUT2D eigenvalue weighted by molar-refractivity contribution is -0.137. The summed E-state index contributed by atoms with van der Waals surface area (Å²) in [6.07, 6.45) is 8.95. The van der Waals surface area contributed by atoms with Gasteiger partial charge in [0.1, 0.15) is 18.9 Å². The maximum atomic E-state index is 13.9. The quantitative estimate of drug-likeness (QED) is 0.296. The van der Waals surface area contributed by atoms with E-state index < -0.39 is 11.2 Å². The maximum Gasteiger partial charge on any atom is 0.324 e. The third kappa shape index (κ3) is 6.03. The second kappa shape index (κ2) is 12.0. The summed E-state index contributed by atoms with van der Waals surface area (Å²) < 4.78 is 15.5. The first-order valence-electron chi connectivity index (χ1n) is 15.1. The highest BCUT2D eigenvalue weighted by molar-refractivity contribution is 6.17. The summed E-state index contributed by atoms with van der Waals surface area (Å²) in [6.45, 7) is 0.132. The van der Waals surface area contributed by atoms with Crippen molar-refractivity contribution in [2.45, 2.75) is 62.8 Å². The Morgan fingerprint density at radius 2 is 1.91 bits per heavy atom. The summed E-state index contributed by atoms with van der Waals surface area (Å²) in [7, 11) is 2.19. The van der Waals surface area contributed by atoms with E-state index in [0.717, 1.165) is 64.0 Å². The fourth-order valence-corrected chi connectivity index (χ4v) is 7.63. The molecule has 12 heteroatoms. The Balaban J connectivity index is 1.14. The van der Waals surface area contributed by atoms with Crippen LogP contribution in [-0.2, 0) is 45.5 Å². The second-order valence-corrected chi connectivity index (χ2v) is 14.1. The van der Waals surface area contributed by atoms with E-state index in [0.29, 0.717) is 42.0 Å². The van der Waals surface area contributed by atoms with E-state index >= 15 is 0 Å². The van der Waals surface area contributed by atoms with Gasteiger partial charge in [-0.15, -0.1) is 0 Å². The normalized spacial score (nSPS) is 20.8. The van der Waals surface area contributed by atoms with Crippen LogP contribution in [0.2, 0.25) is 0 Å². The van der Waals surface area contributed by atoms with Crippen LogP contribution in [0.1, 0.15) is 47.9 Å². The number of imide groups is 1. The number of aryl methyl sites for hydroxylation is 2. The third-order valence-electron chi connectivity index (χ3n) is 9.33. The number of hydrogen-bond acceptors (Lipinski definition) is 5. The predicted octanol–water partition coefficient (Wildman–Crippen LogP) is 1.82. The number of carbonyl (C=O) groups is 4. The molecule has 44 heavy (non-hydrogen) atoms. The Labute approximate surface area is 258 Å². The van der Waals surface area contributed by atoms with Crippen molar-refractivity contribution in [3.63, 3.8) is 0 Å². The summed E-state index contributed by atoms with van der Waals surface area (Å²) in [5, 5.41) is 9.38. The Hall–Kier alpha value is -4.32. The molecule has 2 N–H and O–H groups in total. The summed E-state index contributed by atoms with van der Waals surface area (Å²) in [4.78, 5) is 53.7. The number of nitrogens with zero attached hydrogens (tertiary/aromatic N) is 4. The Bertz CT molecular complexity index is 1620. The fraction of sp³-hybridized carbons (Fsp3) is 0.406. The van der Waals surface area contributed by atoms with Gasteiger partial charge >= 0.3 is 6.03 Å². The molecule has 230 valence electrons. The van der Waals surface area contributed by atoms with Crippen molar-refractivity contribution in [2.75, 3.05) is 13.6 Å². The molecule has 0 saturated heterocycles. The number of aromatic nitrogens is 2. The van der Waals surface area contributed by atoms with Crippen LogP contribution < -0.4 is 10.6 Å². The number of likely N-dealkylation sites (N-methyl/N-ethyl adjacent to an activating group) is 1. The zero-order chi connectivity index (χ0) is 31.0. The lowest BCUT2D eigenvalue weighted by Gasteiger charge is -2.33. The van der Waals surface area contributed by atoms with Crippen LogP contribution in [-0.4, -0.2) is 73.7 Å². The van der Waals surface area contributed by atoms with Crippen LogP contribution in [0.15, 0.2) is 48.8 Å². The molecule has 1 fully saturated rings. The van der Waals surface area contributed by atoms with Crippen molar-refractivity contribution in [1.29, 1.82) is 0 Å². The Morgan fingerprint density at radius 3 is 2.66 bits per heavy atom. The van der Waals surface area contributed by atoms with Gasteiger partial charge in [0.05, 0.1) is 6.20 Å². The molecule has 2 atom stereocenters. The molecule has 1 saturated carbocycles. The largest absolute Gasteiger partial charge is 0.358 e. The second-order valence-electron chi connectivity index (χ2n) is 12.3. The molecular formula is C32H37FN6O4Si. The van der Waals surface area contributed by atoms with Gasteiger partial charge in [-0.2, -0.15) is 5.10 Å². The van der Waals surface area contributed by atoms with Gasteiger partial charge in [-0.05, 0) is 84.4 Å². The molecule has 1 aliphatic heterocycles. The number of hydrogen-bond donors (Lipinski definition) is 2. The van der Waals surface area contributed by atoms with E-state index in [9.17, 15) is 23.6 Å². The van der Waals surface area contributed by atoms with Gasteiger partial charge in [0, 0.05) is 46.8 Å². The van der Waals surface area contributed by atoms with Gasteiger partial charge in [0.15, 0.2) is 0 Å². The van der Waals surface area contributed by atoms with Crippen LogP contribution in [0.4, 0.5) is 9.18 Å². The molecule has 5 amide bonds. The smallest absolute Gasteiger partial charge is 0.324 e. The minimum absolute atomic E-state index is 0.00580.